The van der Waals surface area contributed by atoms with Crippen molar-refractivity contribution in [1.29, 1.82) is 0 Å². The van der Waals surface area contributed by atoms with Crippen LogP contribution >= 0.6 is 11.8 Å². The molecule has 0 saturated heterocycles. The van der Waals surface area contributed by atoms with E-state index >= 15 is 0 Å². The number of hydrogen-bond donors (Lipinski definition) is 3. The molecule has 1 aromatic rings. The summed E-state index contributed by atoms with van der Waals surface area (Å²) in [5, 5.41) is 6.11. The van der Waals surface area contributed by atoms with Crippen molar-refractivity contribution in [2.75, 3.05) is 31.9 Å². The van der Waals surface area contributed by atoms with Crippen LogP contribution < -0.4 is 16.4 Å². The van der Waals surface area contributed by atoms with Gasteiger partial charge in [0.2, 0.25) is 18.2 Å². The Kier molecular flexibility index (Phi) is 27.8. The minimum Gasteiger partial charge on any atom is -0.372 e. The van der Waals surface area contributed by atoms with Gasteiger partial charge in [0.1, 0.15) is 0 Å². The Morgan fingerprint density at radius 3 is 2.26 bits per heavy atom. The second-order valence-corrected chi connectivity index (χ2v) is 11.9. The summed E-state index contributed by atoms with van der Waals surface area (Å²) in [7, 11) is 0. The SMILES string of the molecule is C=Nc1ccc(C(C)C)cc1SCCCC(=O)NC(CNC(=O)/C=C/CN(CC)CCC)C(C)CC.CCCC.NC=O. The van der Waals surface area contributed by atoms with Gasteiger partial charge in [0.15, 0.2) is 0 Å². The first-order valence-corrected chi connectivity index (χ1v) is 16.9. The van der Waals surface area contributed by atoms with Crippen molar-refractivity contribution in [3.63, 3.8) is 0 Å². The van der Waals surface area contributed by atoms with Crippen LogP contribution in [-0.4, -0.2) is 67.8 Å². The van der Waals surface area contributed by atoms with Crippen LogP contribution in [0.25, 0.3) is 0 Å². The van der Waals surface area contributed by atoms with Gasteiger partial charge >= 0.3 is 0 Å². The number of likely N-dealkylation sites (N-methyl/N-ethyl adjacent to an activating group) is 1. The lowest BCUT2D eigenvalue weighted by atomic mass is 9.98. The fraction of sp³-hybridized carbons (Fsp3) is 0.647. The average molecular weight is 620 g/mol. The van der Waals surface area contributed by atoms with Gasteiger partial charge in [0, 0.05) is 36.5 Å². The van der Waals surface area contributed by atoms with Crippen LogP contribution in [0, 0.1) is 5.92 Å². The number of nitrogens with zero attached hydrogens (tertiary/aromatic N) is 2. The molecule has 3 amide bonds. The van der Waals surface area contributed by atoms with Gasteiger partial charge in [-0.3, -0.25) is 24.3 Å². The van der Waals surface area contributed by atoms with Crippen LogP contribution in [0.3, 0.4) is 0 Å². The average Bonchev–Trinajstić information content (AvgIpc) is 3.00. The van der Waals surface area contributed by atoms with Crippen molar-refractivity contribution in [3.05, 3.63) is 35.9 Å². The third kappa shape index (κ3) is 21.7. The lowest BCUT2D eigenvalue weighted by Gasteiger charge is -2.24. The zero-order valence-electron chi connectivity index (χ0n) is 28.3. The first-order valence-electron chi connectivity index (χ1n) is 15.9. The normalized spacial score (nSPS) is 12.0. The Labute approximate surface area is 267 Å². The lowest BCUT2D eigenvalue weighted by molar-refractivity contribution is -0.123. The predicted molar refractivity (Wildman–Crippen MR) is 186 cm³/mol. The molecule has 1 rings (SSSR count). The van der Waals surface area contributed by atoms with Crippen molar-refractivity contribution >= 4 is 42.4 Å². The monoisotopic (exact) mass is 619 g/mol. The Morgan fingerprint density at radius 2 is 1.74 bits per heavy atom. The number of amides is 3. The Bertz CT molecular complexity index is 921. The van der Waals surface area contributed by atoms with E-state index in [4.69, 9.17) is 4.79 Å². The van der Waals surface area contributed by atoms with E-state index in [1.165, 1.54) is 18.4 Å². The Hall–Kier alpha value is -2.65. The molecule has 2 unspecified atom stereocenters. The molecule has 0 aliphatic carbocycles. The van der Waals surface area contributed by atoms with E-state index in [9.17, 15) is 9.59 Å². The van der Waals surface area contributed by atoms with Gasteiger partial charge in [-0.25, -0.2) is 0 Å². The minimum absolute atomic E-state index is 0.0295. The summed E-state index contributed by atoms with van der Waals surface area (Å²) in [6.07, 6.45) is 9.66. The highest BCUT2D eigenvalue weighted by Crippen LogP contribution is 2.33. The van der Waals surface area contributed by atoms with Crippen LogP contribution in [0.15, 0.2) is 40.2 Å². The number of thioether (sulfide) groups is 1. The Morgan fingerprint density at radius 1 is 1.09 bits per heavy atom. The highest BCUT2D eigenvalue weighted by atomic mass is 32.2. The molecule has 0 aromatic heterocycles. The van der Waals surface area contributed by atoms with Gasteiger partial charge in [0.05, 0.1) is 5.69 Å². The van der Waals surface area contributed by atoms with Crippen LogP contribution in [0.2, 0.25) is 0 Å². The number of unbranched alkanes of at least 4 members (excludes halogenated alkanes) is 1. The molecule has 0 radical (unpaired) electrons. The van der Waals surface area contributed by atoms with Gasteiger partial charge in [-0.05, 0) is 67.9 Å². The molecular formula is C34H61N5O3S. The van der Waals surface area contributed by atoms with Crippen LogP contribution in [0.5, 0.6) is 0 Å². The standard InChI is InChI=1S/C29H48N4O2S.C4H10.CH3NO/c1-8-17-33(10-3)18-11-13-28(34)31-21-26(23(6)9-2)32-29(35)14-12-19-36-27-20-24(22(4)5)15-16-25(27)30-7;1-3-4-2;2-1-3/h11,13,15-16,20,22-23,26H,7-10,12,14,17-19,21H2,1-6H3,(H,31,34)(H,32,35);3-4H2,1-2H3;1H,(H2,2,3)/b13-11+;;. The second kappa shape index (κ2) is 28.1. The topological polar surface area (TPSA) is 117 Å². The summed E-state index contributed by atoms with van der Waals surface area (Å²) >= 11 is 1.72. The largest absolute Gasteiger partial charge is 0.372 e. The van der Waals surface area contributed by atoms with Crippen molar-refractivity contribution in [2.45, 2.75) is 111 Å². The summed E-state index contributed by atoms with van der Waals surface area (Å²) in [5.74, 6) is 1.47. The Balaban J connectivity index is 0. The van der Waals surface area contributed by atoms with E-state index in [1.54, 1.807) is 17.8 Å². The van der Waals surface area contributed by atoms with E-state index in [0.29, 0.717) is 18.9 Å². The van der Waals surface area contributed by atoms with Gasteiger partial charge in [-0.2, -0.15) is 0 Å². The molecule has 4 N–H and O–H groups in total. The number of benzene rings is 1. The fourth-order valence-corrected chi connectivity index (χ4v) is 4.79. The molecule has 0 aliphatic heterocycles. The maximum absolute atomic E-state index is 12.7. The van der Waals surface area contributed by atoms with E-state index in [1.807, 2.05) is 12.1 Å². The van der Waals surface area contributed by atoms with E-state index < -0.39 is 0 Å². The summed E-state index contributed by atoms with van der Waals surface area (Å²) in [5.41, 5.74) is 6.34. The second-order valence-electron chi connectivity index (χ2n) is 10.7. The molecule has 0 fully saturated rings. The number of aliphatic imine (C=N–C) groups is 1. The number of nitrogens with one attached hydrogen (secondary N) is 2. The van der Waals surface area contributed by atoms with Crippen molar-refractivity contribution in [2.24, 2.45) is 16.6 Å². The molecule has 0 bridgehead atoms. The van der Waals surface area contributed by atoms with Gasteiger partial charge in [-0.15, -0.1) is 11.8 Å². The van der Waals surface area contributed by atoms with Crippen molar-refractivity contribution < 1.29 is 14.4 Å². The third-order valence-corrected chi connectivity index (χ3v) is 8.05. The maximum atomic E-state index is 12.7. The minimum atomic E-state index is -0.114. The molecule has 0 heterocycles. The van der Waals surface area contributed by atoms with Gasteiger partial charge < -0.3 is 16.4 Å². The van der Waals surface area contributed by atoms with E-state index in [2.05, 4.69) is 100 Å². The first-order chi connectivity index (χ1) is 20.6. The highest BCUT2D eigenvalue weighted by Gasteiger charge is 2.19. The number of hydrogen-bond acceptors (Lipinski definition) is 6. The van der Waals surface area contributed by atoms with Gasteiger partial charge in [-0.1, -0.05) is 86.8 Å². The third-order valence-electron chi connectivity index (χ3n) is 6.92. The van der Waals surface area contributed by atoms with Crippen molar-refractivity contribution in [1.82, 2.24) is 15.5 Å². The number of primary amides is 1. The zero-order chi connectivity index (χ0) is 33.0. The van der Waals surface area contributed by atoms with Crippen LogP contribution in [0.1, 0.15) is 105 Å². The number of nitrogens with two attached hydrogens (primary N) is 1. The predicted octanol–water partition coefficient (Wildman–Crippen LogP) is 6.86. The zero-order valence-corrected chi connectivity index (χ0v) is 29.1. The number of carbonyl (C=O) groups excluding carboxylic acids is 3. The number of rotatable bonds is 19. The molecule has 43 heavy (non-hydrogen) atoms. The fourth-order valence-electron chi connectivity index (χ4n) is 3.78. The smallest absolute Gasteiger partial charge is 0.243 e. The van der Waals surface area contributed by atoms with E-state index in [-0.39, 0.29) is 30.2 Å². The molecule has 2 atom stereocenters. The summed E-state index contributed by atoms with van der Waals surface area (Å²) in [6, 6.07) is 6.21. The summed E-state index contributed by atoms with van der Waals surface area (Å²) < 4.78 is 0. The molecule has 0 spiro atoms. The maximum Gasteiger partial charge on any atom is 0.243 e. The number of carbonyl (C=O) groups is 3. The molecule has 1 aromatic carbocycles. The lowest BCUT2D eigenvalue weighted by Crippen LogP contribution is -2.47. The highest BCUT2D eigenvalue weighted by molar-refractivity contribution is 7.99. The molecular weight excluding hydrogens is 558 g/mol. The molecule has 8 nitrogen and oxygen atoms in total. The summed E-state index contributed by atoms with van der Waals surface area (Å²) in [4.78, 5) is 41.1. The van der Waals surface area contributed by atoms with Gasteiger partial charge in [0.25, 0.3) is 0 Å². The van der Waals surface area contributed by atoms with E-state index in [0.717, 1.165) is 55.2 Å². The van der Waals surface area contributed by atoms with Crippen LogP contribution in [0.4, 0.5) is 5.69 Å². The van der Waals surface area contributed by atoms with Crippen molar-refractivity contribution in [3.8, 4) is 0 Å². The molecule has 246 valence electrons. The van der Waals surface area contributed by atoms with Crippen LogP contribution in [-0.2, 0) is 14.4 Å². The quantitative estimate of drug-likeness (QED) is 0.0514. The summed E-state index contributed by atoms with van der Waals surface area (Å²) in [6.45, 7) is 24.1. The molecule has 9 heteroatoms. The first kappa shape index (κ1) is 42.5. The molecule has 0 aliphatic rings. The molecule has 0 saturated carbocycles.